The molecule has 0 fully saturated rings. The van der Waals surface area contributed by atoms with Crippen molar-refractivity contribution in [1.29, 1.82) is 0 Å². The van der Waals surface area contributed by atoms with Crippen LogP contribution >= 0.6 is 11.6 Å². The normalized spacial score (nSPS) is 14.7. The summed E-state index contributed by atoms with van der Waals surface area (Å²) < 4.78 is 6.29. The maximum atomic E-state index is 6.32. The van der Waals surface area contributed by atoms with Crippen LogP contribution in [0.3, 0.4) is 0 Å². The first-order valence-electron chi connectivity index (χ1n) is 9.07. The van der Waals surface area contributed by atoms with E-state index in [0.717, 1.165) is 17.1 Å². The lowest BCUT2D eigenvalue weighted by Crippen LogP contribution is -2.32. The van der Waals surface area contributed by atoms with Gasteiger partial charge in [-0.25, -0.2) is 0 Å². The van der Waals surface area contributed by atoms with Gasteiger partial charge in [0.2, 0.25) is 0 Å². The van der Waals surface area contributed by atoms with E-state index in [0.29, 0.717) is 5.02 Å². The van der Waals surface area contributed by atoms with Crippen molar-refractivity contribution in [2.45, 2.75) is 5.41 Å². The van der Waals surface area contributed by atoms with Crippen LogP contribution in [0.2, 0.25) is 5.02 Å². The summed E-state index contributed by atoms with van der Waals surface area (Å²) in [6.07, 6.45) is 0. The Labute approximate surface area is 162 Å². The maximum absolute atomic E-state index is 6.32. The first-order chi connectivity index (χ1) is 13.3. The van der Waals surface area contributed by atoms with Crippen LogP contribution in [0.1, 0.15) is 22.3 Å². The molecule has 0 aromatic heterocycles. The van der Waals surface area contributed by atoms with Crippen molar-refractivity contribution in [3.63, 3.8) is 0 Å². The third-order valence-corrected chi connectivity index (χ3v) is 6.05. The number of ether oxygens (including phenoxy) is 1. The second-order valence-corrected chi connectivity index (χ2v) is 7.52. The summed E-state index contributed by atoms with van der Waals surface area (Å²) >= 11 is 6.32. The maximum Gasteiger partial charge on any atom is 0.133 e. The van der Waals surface area contributed by atoms with Gasteiger partial charge in [0, 0.05) is 16.1 Å². The Kier molecular flexibility index (Phi) is 2.93. The van der Waals surface area contributed by atoms with E-state index in [1.165, 1.54) is 27.8 Å². The van der Waals surface area contributed by atoms with Crippen molar-refractivity contribution in [2.75, 3.05) is 0 Å². The third-order valence-electron chi connectivity index (χ3n) is 5.81. The molecule has 2 heteroatoms. The zero-order valence-electron chi connectivity index (χ0n) is 14.4. The molecule has 0 bridgehead atoms. The van der Waals surface area contributed by atoms with Gasteiger partial charge in [0.1, 0.15) is 11.5 Å². The van der Waals surface area contributed by atoms with Crippen LogP contribution in [0.25, 0.3) is 11.1 Å². The first kappa shape index (κ1) is 15.1. The van der Waals surface area contributed by atoms with E-state index in [9.17, 15) is 0 Å². The Bertz CT molecular complexity index is 1180. The largest absolute Gasteiger partial charge is 0.457 e. The molecule has 0 N–H and O–H groups in total. The van der Waals surface area contributed by atoms with Crippen LogP contribution in [0, 0.1) is 0 Å². The van der Waals surface area contributed by atoms with E-state index in [4.69, 9.17) is 16.3 Å². The van der Waals surface area contributed by atoms with Crippen molar-refractivity contribution in [1.82, 2.24) is 0 Å². The van der Waals surface area contributed by atoms with Crippen molar-refractivity contribution in [3.8, 4) is 22.6 Å². The van der Waals surface area contributed by atoms with E-state index < -0.39 is 0 Å². The molecule has 0 saturated carbocycles. The van der Waals surface area contributed by atoms with Crippen molar-refractivity contribution >= 4 is 11.6 Å². The summed E-state index contributed by atoms with van der Waals surface area (Å²) in [5, 5.41) is 0.683. The fourth-order valence-electron chi connectivity index (χ4n) is 4.83. The molecule has 0 amide bonds. The first-order valence-corrected chi connectivity index (χ1v) is 9.45. The Hall–Kier alpha value is -3.03. The fraction of sp³-hybridized carbons (Fsp3) is 0.0400. The molecule has 0 radical (unpaired) electrons. The molecule has 1 aliphatic carbocycles. The highest BCUT2D eigenvalue weighted by Gasteiger charge is 2.50. The van der Waals surface area contributed by atoms with Crippen molar-refractivity contribution in [2.24, 2.45) is 0 Å². The molecule has 6 rings (SSSR count). The van der Waals surface area contributed by atoms with Crippen molar-refractivity contribution < 1.29 is 4.74 Å². The van der Waals surface area contributed by atoms with Crippen molar-refractivity contribution in [3.05, 3.63) is 118 Å². The predicted molar refractivity (Wildman–Crippen MR) is 109 cm³/mol. The van der Waals surface area contributed by atoms with Crippen LogP contribution in [0.4, 0.5) is 0 Å². The second kappa shape index (κ2) is 5.25. The number of halogens is 1. The second-order valence-electron chi connectivity index (χ2n) is 7.08. The molecule has 1 nitrogen and oxygen atoms in total. The van der Waals surface area contributed by atoms with Gasteiger partial charge in [-0.15, -0.1) is 0 Å². The number of hydrogen-bond acceptors (Lipinski definition) is 1. The van der Waals surface area contributed by atoms with Crippen LogP contribution in [0.15, 0.2) is 91.0 Å². The molecule has 1 heterocycles. The van der Waals surface area contributed by atoms with Gasteiger partial charge in [0.25, 0.3) is 0 Å². The van der Waals surface area contributed by atoms with Gasteiger partial charge in [0.05, 0.1) is 5.41 Å². The Morgan fingerprint density at radius 1 is 0.556 bits per heavy atom. The van der Waals surface area contributed by atoms with Crippen LogP contribution in [-0.2, 0) is 5.41 Å². The molecule has 1 spiro atoms. The van der Waals surface area contributed by atoms with Gasteiger partial charge < -0.3 is 4.74 Å². The lowest BCUT2D eigenvalue weighted by molar-refractivity contribution is 0.436. The standard InChI is InChI=1S/C25H15ClO/c26-16-13-14-22-24(15-16)27-23-12-6-5-11-21(23)25(22)19-9-3-1-7-17(19)18-8-2-4-10-20(18)25/h1-15H. The Morgan fingerprint density at radius 2 is 1.11 bits per heavy atom. The minimum absolute atomic E-state index is 0.387. The van der Waals surface area contributed by atoms with Gasteiger partial charge in [0.15, 0.2) is 0 Å². The highest BCUT2D eigenvalue weighted by atomic mass is 35.5. The number of hydrogen-bond donors (Lipinski definition) is 0. The van der Waals surface area contributed by atoms with E-state index in [1.807, 2.05) is 24.3 Å². The van der Waals surface area contributed by atoms with E-state index in [1.54, 1.807) is 0 Å². The highest BCUT2D eigenvalue weighted by Crippen LogP contribution is 2.61. The number of fused-ring (bicyclic) bond motifs is 9. The fourth-order valence-corrected chi connectivity index (χ4v) is 5.00. The van der Waals surface area contributed by atoms with Crippen LogP contribution in [-0.4, -0.2) is 0 Å². The summed E-state index contributed by atoms with van der Waals surface area (Å²) in [7, 11) is 0. The van der Waals surface area contributed by atoms with E-state index >= 15 is 0 Å². The van der Waals surface area contributed by atoms with E-state index in [2.05, 4.69) is 66.7 Å². The quantitative estimate of drug-likeness (QED) is 0.287. The molecule has 1 aliphatic heterocycles. The molecule has 128 valence electrons. The summed E-state index contributed by atoms with van der Waals surface area (Å²) in [6, 6.07) is 31.8. The monoisotopic (exact) mass is 366 g/mol. The third kappa shape index (κ3) is 1.80. The smallest absolute Gasteiger partial charge is 0.133 e. The van der Waals surface area contributed by atoms with Crippen LogP contribution < -0.4 is 4.74 Å². The van der Waals surface area contributed by atoms with Crippen LogP contribution in [0.5, 0.6) is 11.5 Å². The van der Waals surface area contributed by atoms with Gasteiger partial charge in [-0.1, -0.05) is 84.4 Å². The zero-order chi connectivity index (χ0) is 18.0. The lowest BCUT2D eigenvalue weighted by Gasteiger charge is -2.39. The van der Waals surface area contributed by atoms with Gasteiger partial charge in [-0.2, -0.15) is 0 Å². The summed E-state index contributed by atoms with van der Waals surface area (Å²) in [5.41, 5.74) is 7.09. The number of para-hydroxylation sites is 1. The molecule has 27 heavy (non-hydrogen) atoms. The van der Waals surface area contributed by atoms with Gasteiger partial charge in [-0.3, -0.25) is 0 Å². The predicted octanol–water partition coefficient (Wildman–Crippen LogP) is 6.81. The summed E-state index contributed by atoms with van der Waals surface area (Å²) in [5.74, 6) is 1.71. The Balaban J connectivity index is 1.85. The number of rotatable bonds is 0. The average molecular weight is 367 g/mol. The summed E-state index contributed by atoms with van der Waals surface area (Å²) in [6.45, 7) is 0. The Morgan fingerprint density at radius 3 is 1.81 bits per heavy atom. The average Bonchev–Trinajstić information content (AvgIpc) is 3.00. The molecule has 4 aromatic carbocycles. The molecule has 4 aromatic rings. The molecular formula is C25H15ClO. The molecule has 0 saturated heterocycles. The minimum atomic E-state index is -0.387. The molecule has 0 unspecified atom stereocenters. The van der Waals surface area contributed by atoms with Gasteiger partial charge in [-0.05, 0) is 40.5 Å². The van der Waals surface area contributed by atoms with E-state index in [-0.39, 0.29) is 5.41 Å². The van der Waals surface area contributed by atoms with Gasteiger partial charge >= 0.3 is 0 Å². The molecular weight excluding hydrogens is 352 g/mol. The number of benzene rings is 4. The highest BCUT2D eigenvalue weighted by molar-refractivity contribution is 6.30. The molecule has 2 aliphatic rings. The summed E-state index contributed by atoms with van der Waals surface area (Å²) in [4.78, 5) is 0. The molecule has 0 atom stereocenters. The zero-order valence-corrected chi connectivity index (χ0v) is 15.2. The minimum Gasteiger partial charge on any atom is -0.457 e. The SMILES string of the molecule is Clc1ccc2c(c1)Oc1ccccc1C21c2ccccc2-c2ccccc21. The lowest BCUT2D eigenvalue weighted by atomic mass is 9.66. The topological polar surface area (TPSA) is 9.23 Å².